The van der Waals surface area contributed by atoms with Crippen LogP contribution in [-0.4, -0.2) is 14.8 Å². The maximum Gasteiger partial charge on any atom is 0.191 e. The Morgan fingerprint density at radius 3 is 2.59 bits per heavy atom. The Labute approximate surface area is 132 Å². The van der Waals surface area contributed by atoms with Crippen molar-refractivity contribution in [2.45, 2.75) is 31.3 Å². The van der Waals surface area contributed by atoms with E-state index < -0.39 is 0 Å². The number of rotatable bonds is 5. The van der Waals surface area contributed by atoms with E-state index in [9.17, 15) is 4.39 Å². The van der Waals surface area contributed by atoms with Gasteiger partial charge in [-0.3, -0.25) is 0 Å². The minimum atomic E-state index is -0.219. The highest BCUT2D eigenvalue weighted by molar-refractivity contribution is 7.98. The molecule has 0 saturated heterocycles. The largest absolute Gasteiger partial charge is 0.469 e. The molecule has 2 aromatic heterocycles. The van der Waals surface area contributed by atoms with Crippen LogP contribution in [0.5, 0.6) is 0 Å². The molecule has 1 aromatic carbocycles. The van der Waals surface area contributed by atoms with Crippen LogP contribution in [0, 0.1) is 12.7 Å². The van der Waals surface area contributed by atoms with Crippen LogP contribution in [0.2, 0.25) is 0 Å². The summed E-state index contributed by atoms with van der Waals surface area (Å²) in [7, 11) is 0. The quantitative estimate of drug-likeness (QED) is 0.658. The fraction of sp³-hybridized carbons (Fsp3) is 0.250. The number of halogens is 1. The second-order valence-electron chi connectivity index (χ2n) is 4.86. The van der Waals surface area contributed by atoms with Crippen LogP contribution in [0.25, 0.3) is 11.4 Å². The normalized spacial score (nSPS) is 11.0. The van der Waals surface area contributed by atoms with Crippen molar-refractivity contribution in [1.29, 1.82) is 0 Å². The molecule has 0 saturated carbocycles. The summed E-state index contributed by atoms with van der Waals surface area (Å²) in [5.74, 6) is 2.15. The molecule has 0 radical (unpaired) electrons. The Morgan fingerprint density at radius 2 is 1.95 bits per heavy atom. The molecule has 0 amide bonds. The van der Waals surface area contributed by atoms with Crippen molar-refractivity contribution >= 4 is 11.8 Å². The first-order valence-corrected chi connectivity index (χ1v) is 8.02. The van der Waals surface area contributed by atoms with E-state index in [0.29, 0.717) is 0 Å². The van der Waals surface area contributed by atoms with Crippen LogP contribution in [0.3, 0.4) is 0 Å². The zero-order valence-electron chi connectivity index (χ0n) is 12.4. The number of nitrogens with zero attached hydrogens (tertiary/aromatic N) is 3. The molecule has 0 bridgehead atoms. The standard InChI is InChI=1S/C16H16FN3OS/c1-3-20-15(14-8-9-21-11(14)2)18-19-16(20)22-10-12-4-6-13(17)7-5-12/h4-9H,3,10H2,1-2H3. The molecule has 6 heteroatoms. The van der Waals surface area contributed by atoms with Gasteiger partial charge >= 0.3 is 0 Å². The van der Waals surface area contributed by atoms with Gasteiger partial charge in [-0.1, -0.05) is 23.9 Å². The molecular weight excluding hydrogens is 301 g/mol. The summed E-state index contributed by atoms with van der Waals surface area (Å²) in [6.07, 6.45) is 1.66. The molecule has 4 nitrogen and oxygen atoms in total. The van der Waals surface area contributed by atoms with Crippen molar-refractivity contribution in [3.63, 3.8) is 0 Å². The van der Waals surface area contributed by atoms with Crippen molar-refractivity contribution in [2.24, 2.45) is 0 Å². The zero-order valence-corrected chi connectivity index (χ0v) is 13.2. The summed E-state index contributed by atoms with van der Waals surface area (Å²) in [6.45, 7) is 4.75. The van der Waals surface area contributed by atoms with Gasteiger partial charge in [0.15, 0.2) is 11.0 Å². The maximum absolute atomic E-state index is 12.9. The minimum absolute atomic E-state index is 0.219. The molecule has 3 aromatic rings. The van der Waals surface area contributed by atoms with Gasteiger partial charge in [-0.15, -0.1) is 10.2 Å². The molecule has 0 fully saturated rings. The molecule has 22 heavy (non-hydrogen) atoms. The van der Waals surface area contributed by atoms with Gasteiger partial charge in [0.05, 0.1) is 11.8 Å². The molecule has 0 aliphatic carbocycles. The van der Waals surface area contributed by atoms with Crippen LogP contribution in [0.4, 0.5) is 4.39 Å². The maximum atomic E-state index is 12.9. The molecule has 114 valence electrons. The van der Waals surface area contributed by atoms with Crippen molar-refractivity contribution in [2.75, 3.05) is 0 Å². The van der Waals surface area contributed by atoms with Gasteiger partial charge < -0.3 is 8.98 Å². The van der Waals surface area contributed by atoms with E-state index in [2.05, 4.69) is 21.7 Å². The third kappa shape index (κ3) is 2.92. The van der Waals surface area contributed by atoms with Crippen molar-refractivity contribution in [1.82, 2.24) is 14.8 Å². The van der Waals surface area contributed by atoms with Crippen LogP contribution in [-0.2, 0) is 12.3 Å². The lowest BCUT2D eigenvalue weighted by atomic mass is 10.2. The fourth-order valence-corrected chi connectivity index (χ4v) is 3.18. The molecule has 0 aliphatic rings. The predicted octanol–water partition coefficient (Wildman–Crippen LogP) is 4.30. The number of furan rings is 1. The third-order valence-corrected chi connectivity index (χ3v) is 4.45. The molecule has 0 atom stereocenters. The summed E-state index contributed by atoms with van der Waals surface area (Å²) in [5.41, 5.74) is 2.01. The number of aromatic nitrogens is 3. The Morgan fingerprint density at radius 1 is 1.18 bits per heavy atom. The van der Waals surface area contributed by atoms with Gasteiger partial charge in [0.2, 0.25) is 0 Å². The lowest BCUT2D eigenvalue weighted by Crippen LogP contribution is -2.00. The molecule has 3 rings (SSSR count). The Balaban J connectivity index is 1.81. The third-order valence-electron chi connectivity index (χ3n) is 3.41. The molecule has 0 spiro atoms. The SMILES string of the molecule is CCn1c(SCc2ccc(F)cc2)nnc1-c1ccoc1C. The second-order valence-corrected chi connectivity index (χ2v) is 5.80. The first-order valence-electron chi connectivity index (χ1n) is 7.04. The zero-order chi connectivity index (χ0) is 15.5. The summed E-state index contributed by atoms with van der Waals surface area (Å²) in [4.78, 5) is 0. The van der Waals surface area contributed by atoms with Crippen LogP contribution >= 0.6 is 11.8 Å². The second kappa shape index (κ2) is 6.36. The van der Waals surface area contributed by atoms with Crippen molar-refractivity contribution in [3.05, 3.63) is 53.7 Å². The number of thioether (sulfide) groups is 1. The summed E-state index contributed by atoms with van der Waals surface area (Å²) >= 11 is 1.59. The van der Waals surface area contributed by atoms with E-state index in [0.717, 1.165) is 40.2 Å². The predicted molar refractivity (Wildman–Crippen MR) is 84.1 cm³/mol. The van der Waals surface area contributed by atoms with Crippen molar-refractivity contribution in [3.8, 4) is 11.4 Å². The summed E-state index contributed by atoms with van der Waals surface area (Å²) < 4.78 is 20.3. The van der Waals surface area contributed by atoms with Gasteiger partial charge in [-0.25, -0.2) is 4.39 Å². The monoisotopic (exact) mass is 317 g/mol. The minimum Gasteiger partial charge on any atom is -0.469 e. The van der Waals surface area contributed by atoms with E-state index in [1.54, 1.807) is 30.2 Å². The Kier molecular flexibility index (Phi) is 4.29. The van der Waals surface area contributed by atoms with Crippen molar-refractivity contribution < 1.29 is 8.81 Å². The first kappa shape index (κ1) is 14.8. The topological polar surface area (TPSA) is 43.9 Å². The fourth-order valence-electron chi connectivity index (χ4n) is 2.23. The molecule has 0 unspecified atom stereocenters. The summed E-state index contributed by atoms with van der Waals surface area (Å²) in [5, 5.41) is 9.42. The van der Waals surface area contributed by atoms with Gasteiger partial charge in [0, 0.05) is 12.3 Å². The van der Waals surface area contributed by atoms with E-state index in [1.165, 1.54) is 12.1 Å². The summed E-state index contributed by atoms with van der Waals surface area (Å²) in [6, 6.07) is 8.42. The lowest BCUT2D eigenvalue weighted by molar-refractivity contribution is 0.534. The number of hydrogen-bond acceptors (Lipinski definition) is 4. The average Bonchev–Trinajstić information content (AvgIpc) is 3.12. The van der Waals surface area contributed by atoms with Gasteiger partial charge in [0.25, 0.3) is 0 Å². The Hall–Kier alpha value is -2.08. The molecule has 0 N–H and O–H groups in total. The van der Waals surface area contributed by atoms with Gasteiger partial charge in [-0.05, 0) is 37.6 Å². The highest BCUT2D eigenvalue weighted by Gasteiger charge is 2.16. The van der Waals surface area contributed by atoms with Crippen LogP contribution < -0.4 is 0 Å². The lowest BCUT2D eigenvalue weighted by Gasteiger charge is -2.06. The van der Waals surface area contributed by atoms with Crippen LogP contribution in [0.1, 0.15) is 18.2 Å². The molecule has 0 aliphatic heterocycles. The molecular formula is C16H16FN3OS. The van der Waals surface area contributed by atoms with E-state index in [-0.39, 0.29) is 5.82 Å². The number of aryl methyl sites for hydroxylation is 1. The Bertz CT molecular complexity index is 764. The average molecular weight is 317 g/mol. The smallest absolute Gasteiger partial charge is 0.191 e. The number of benzene rings is 1. The van der Waals surface area contributed by atoms with Crippen LogP contribution in [0.15, 0.2) is 46.2 Å². The van der Waals surface area contributed by atoms with E-state index in [1.807, 2.05) is 13.0 Å². The van der Waals surface area contributed by atoms with Gasteiger partial charge in [-0.2, -0.15) is 0 Å². The van der Waals surface area contributed by atoms with E-state index >= 15 is 0 Å². The van der Waals surface area contributed by atoms with E-state index in [4.69, 9.17) is 4.42 Å². The first-order chi connectivity index (χ1) is 10.7. The number of hydrogen-bond donors (Lipinski definition) is 0. The van der Waals surface area contributed by atoms with Gasteiger partial charge in [0.1, 0.15) is 11.6 Å². The molecule has 2 heterocycles. The highest BCUT2D eigenvalue weighted by atomic mass is 32.2. The highest BCUT2D eigenvalue weighted by Crippen LogP contribution is 2.28.